The van der Waals surface area contributed by atoms with Gasteiger partial charge in [0.05, 0.1) is 0 Å². The molecule has 0 aromatic heterocycles. The van der Waals surface area contributed by atoms with Gasteiger partial charge < -0.3 is 5.73 Å². The number of hydrogen-bond donors (Lipinski definition) is 1. The van der Waals surface area contributed by atoms with Crippen molar-refractivity contribution in [3.8, 4) is 0 Å². The molecule has 0 aliphatic carbocycles. The second-order valence-corrected chi connectivity index (χ2v) is 8.82. The lowest BCUT2D eigenvalue weighted by atomic mass is 9.60. The highest BCUT2D eigenvalue weighted by Crippen LogP contribution is 2.31. The molecule has 0 aliphatic rings. The Morgan fingerprint density at radius 1 is 0.750 bits per heavy atom. The molecule has 0 spiro atoms. The first-order valence-corrected chi connectivity index (χ1v) is 8.85. The van der Waals surface area contributed by atoms with Crippen LogP contribution in [0.15, 0.2) is 24.3 Å². The summed E-state index contributed by atoms with van der Waals surface area (Å²) in [7, 11) is 8.94. The van der Waals surface area contributed by atoms with Crippen molar-refractivity contribution in [2.24, 2.45) is 0 Å². The molecule has 5 heteroatoms. The quantitative estimate of drug-likeness (QED) is 0.500. The molecule has 0 saturated carbocycles. The van der Waals surface area contributed by atoms with Crippen molar-refractivity contribution in [1.82, 2.24) is 0 Å². The van der Waals surface area contributed by atoms with Crippen molar-refractivity contribution in [3.05, 3.63) is 41.0 Å². The lowest BCUT2D eigenvalue weighted by molar-refractivity contribution is 0.593. The van der Waals surface area contributed by atoms with Gasteiger partial charge in [0, 0.05) is 11.1 Å². The lowest BCUT2D eigenvalue weighted by Crippen LogP contribution is -2.45. The maximum Gasteiger partial charge on any atom is 0.140 e. The van der Waals surface area contributed by atoms with E-state index in [2.05, 4.69) is 84.2 Å². The Labute approximate surface area is 151 Å². The molecule has 0 atom stereocenters. The molecule has 0 fully saturated rings. The van der Waals surface area contributed by atoms with Crippen molar-refractivity contribution in [1.29, 1.82) is 0 Å². The fourth-order valence-electron chi connectivity index (χ4n) is 4.35. The molecular weight excluding hydrogens is 285 g/mol. The van der Waals surface area contributed by atoms with Crippen LogP contribution in [-0.4, -0.2) is 31.4 Å². The third-order valence-electron chi connectivity index (χ3n) is 5.45. The Hall–Kier alpha value is -1.50. The summed E-state index contributed by atoms with van der Waals surface area (Å²) < 4.78 is 0. The molecule has 0 saturated heterocycles. The van der Waals surface area contributed by atoms with Gasteiger partial charge in [-0.15, -0.1) is 0 Å². The molecule has 0 bridgehead atoms. The Kier molecular flexibility index (Phi) is 4.78. The minimum atomic E-state index is -0.0552. The maximum atomic E-state index is 5.96. The summed E-state index contributed by atoms with van der Waals surface area (Å²) in [5.74, 6) is 0. The predicted octanol–water partition coefficient (Wildman–Crippen LogP) is -2.07. The third kappa shape index (κ3) is 3.18. The Morgan fingerprint density at radius 3 is 1.83 bits per heavy atom. The van der Waals surface area contributed by atoms with Crippen LogP contribution < -0.4 is 27.6 Å². The molecule has 2 aromatic rings. The van der Waals surface area contributed by atoms with Crippen molar-refractivity contribution >= 4 is 58.9 Å². The summed E-state index contributed by atoms with van der Waals surface area (Å²) in [5, 5.41) is 0. The van der Waals surface area contributed by atoms with Gasteiger partial charge >= 0.3 is 0 Å². The van der Waals surface area contributed by atoms with Crippen LogP contribution >= 0.6 is 0 Å². The van der Waals surface area contributed by atoms with E-state index >= 15 is 0 Å². The molecule has 0 heterocycles. The fourth-order valence-corrected chi connectivity index (χ4v) is 4.35. The third-order valence-corrected chi connectivity index (χ3v) is 5.45. The first kappa shape index (κ1) is 18.8. The number of nitrogens with two attached hydrogens (primary N) is 1. The maximum absolute atomic E-state index is 5.96. The van der Waals surface area contributed by atoms with Crippen molar-refractivity contribution in [3.63, 3.8) is 0 Å². The summed E-state index contributed by atoms with van der Waals surface area (Å²) in [5.41, 5.74) is 16.6. The van der Waals surface area contributed by atoms with E-state index < -0.39 is 0 Å². The van der Waals surface area contributed by atoms with E-state index in [9.17, 15) is 0 Å². The fraction of sp³-hybridized carbons (Fsp3) is 0.368. The smallest absolute Gasteiger partial charge is 0.140 e. The lowest BCUT2D eigenvalue weighted by Gasteiger charge is -2.35. The van der Waals surface area contributed by atoms with E-state index in [-0.39, 0.29) is 10.8 Å². The molecule has 2 rings (SSSR count). The van der Waals surface area contributed by atoms with Gasteiger partial charge in [-0.05, 0) is 28.7 Å². The summed E-state index contributed by atoms with van der Waals surface area (Å²) >= 11 is 0. The zero-order chi connectivity index (χ0) is 18.4. The number of rotatable bonds is 2. The predicted molar refractivity (Wildman–Crippen MR) is 121 cm³/mol. The average Bonchev–Trinajstić information content (AvgIpc) is 2.40. The summed E-state index contributed by atoms with van der Waals surface area (Å²) in [6.45, 7) is 11.6. The first-order valence-electron chi connectivity index (χ1n) is 8.85. The standard InChI is InChI=1S/C19H29B4N/c1-18(2,3)15-16(22)12(9-14(21)17(15)23)19(4,5)11-7-6-10(24)8-13(11)20/h6-9H,20-24H2,1-5H3. The van der Waals surface area contributed by atoms with Crippen LogP contribution in [0.4, 0.5) is 5.69 Å². The van der Waals surface area contributed by atoms with E-state index in [0.29, 0.717) is 0 Å². The minimum absolute atomic E-state index is 0.0552. The number of benzene rings is 2. The van der Waals surface area contributed by atoms with Gasteiger partial charge in [-0.3, -0.25) is 0 Å². The van der Waals surface area contributed by atoms with Crippen molar-refractivity contribution in [2.75, 3.05) is 5.73 Å². The molecule has 24 heavy (non-hydrogen) atoms. The van der Waals surface area contributed by atoms with Gasteiger partial charge in [-0.2, -0.15) is 0 Å². The van der Waals surface area contributed by atoms with Crippen LogP contribution in [0, 0.1) is 0 Å². The minimum Gasteiger partial charge on any atom is -0.399 e. The molecule has 1 nitrogen and oxygen atoms in total. The first-order chi connectivity index (χ1) is 10.9. The Morgan fingerprint density at radius 2 is 1.33 bits per heavy atom. The normalized spacial score (nSPS) is 12.4. The molecule has 2 N–H and O–H groups in total. The number of nitrogen functional groups attached to an aromatic ring is 1. The molecule has 0 aliphatic heterocycles. The topological polar surface area (TPSA) is 26.0 Å². The summed E-state index contributed by atoms with van der Waals surface area (Å²) in [6.07, 6.45) is 0. The van der Waals surface area contributed by atoms with Crippen LogP contribution in [0.5, 0.6) is 0 Å². The molecule has 122 valence electrons. The van der Waals surface area contributed by atoms with Gasteiger partial charge in [0.1, 0.15) is 31.4 Å². The van der Waals surface area contributed by atoms with Crippen LogP contribution in [0.25, 0.3) is 0 Å². The van der Waals surface area contributed by atoms with Gasteiger partial charge in [0.25, 0.3) is 0 Å². The largest absolute Gasteiger partial charge is 0.399 e. The zero-order valence-electron chi connectivity index (χ0n) is 16.9. The Bertz CT molecular complexity index is 789. The molecule has 0 unspecified atom stereocenters. The summed E-state index contributed by atoms with van der Waals surface area (Å²) in [6, 6.07) is 8.68. The summed E-state index contributed by atoms with van der Waals surface area (Å²) in [4.78, 5) is 0. The van der Waals surface area contributed by atoms with Crippen molar-refractivity contribution < 1.29 is 0 Å². The van der Waals surface area contributed by atoms with Crippen LogP contribution in [0.2, 0.25) is 0 Å². The van der Waals surface area contributed by atoms with Gasteiger partial charge in [0.15, 0.2) is 0 Å². The average molecular weight is 315 g/mol. The number of anilines is 1. The monoisotopic (exact) mass is 315 g/mol. The highest BCUT2D eigenvalue weighted by atomic mass is 14.5. The van der Waals surface area contributed by atoms with E-state index in [1.165, 1.54) is 38.5 Å². The zero-order valence-corrected chi connectivity index (χ0v) is 16.9. The van der Waals surface area contributed by atoms with E-state index in [1.54, 1.807) is 0 Å². The SMILES string of the molecule is Bc1cc(N)ccc1C(C)(C)c1cc(B)c(B)c(C(C)(C)C)c1B. The van der Waals surface area contributed by atoms with Crippen LogP contribution in [-0.2, 0) is 10.8 Å². The molecule has 0 amide bonds. The van der Waals surface area contributed by atoms with E-state index in [4.69, 9.17) is 5.73 Å². The second kappa shape index (κ2) is 6.10. The number of hydrogen-bond acceptors (Lipinski definition) is 1. The van der Waals surface area contributed by atoms with Gasteiger partial charge in [-0.25, -0.2) is 0 Å². The highest BCUT2D eigenvalue weighted by Gasteiger charge is 2.30. The van der Waals surface area contributed by atoms with Gasteiger partial charge in [-0.1, -0.05) is 74.2 Å². The second-order valence-electron chi connectivity index (χ2n) is 8.82. The van der Waals surface area contributed by atoms with Crippen molar-refractivity contribution in [2.45, 2.75) is 45.4 Å². The molecule has 2 aromatic carbocycles. The molecule has 0 radical (unpaired) electrons. The Balaban J connectivity index is 2.78. The van der Waals surface area contributed by atoms with E-state index in [0.717, 1.165) is 5.69 Å². The van der Waals surface area contributed by atoms with E-state index in [1.807, 2.05) is 6.07 Å². The van der Waals surface area contributed by atoms with Gasteiger partial charge in [0.2, 0.25) is 0 Å². The highest BCUT2D eigenvalue weighted by molar-refractivity contribution is 6.51. The van der Waals surface area contributed by atoms with Crippen LogP contribution in [0.1, 0.15) is 51.3 Å². The molecular formula is C19H29B4N. The van der Waals surface area contributed by atoms with Crippen LogP contribution in [0.3, 0.4) is 0 Å².